The molecule has 0 aromatic heterocycles. The van der Waals surface area contributed by atoms with Crippen LogP contribution in [0.2, 0.25) is 0 Å². The SMILES string of the molecule is C=CC(=O)CC(O)COC.c1ccccc1. The van der Waals surface area contributed by atoms with Gasteiger partial charge >= 0.3 is 0 Å². The van der Waals surface area contributed by atoms with Gasteiger partial charge in [-0.25, -0.2) is 0 Å². The zero-order valence-corrected chi connectivity index (χ0v) is 9.50. The van der Waals surface area contributed by atoms with E-state index in [1.807, 2.05) is 36.4 Å². The predicted octanol–water partition coefficient (Wildman–Crippen LogP) is 1.83. The van der Waals surface area contributed by atoms with E-state index in [9.17, 15) is 4.79 Å². The van der Waals surface area contributed by atoms with Crippen LogP contribution in [0, 0.1) is 0 Å². The maximum Gasteiger partial charge on any atom is 0.157 e. The number of aliphatic hydroxyl groups is 1. The molecule has 0 heterocycles. The zero-order chi connectivity index (χ0) is 12.2. The number of aliphatic hydroxyl groups excluding tert-OH is 1. The highest BCUT2D eigenvalue weighted by molar-refractivity contribution is 5.89. The smallest absolute Gasteiger partial charge is 0.157 e. The van der Waals surface area contributed by atoms with E-state index >= 15 is 0 Å². The summed E-state index contributed by atoms with van der Waals surface area (Å²) in [4.78, 5) is 10.6. The number of hydrogen-bond acceptors (Lipinski definition) is 3. The summed E-state index contributed by atoms with van der Waals surface area (Å²) in [5.74, 6) is -0.162. The molecule has 1 N–H and O–H groups in total. The lowest BCUT2D eigenvalue weighted by atomic mass is 10.2. The largest absolute Gasteiger partial charge is 0.390 e. The Labute approximate surface area is 96.4 Å². The summed E-state index contributed by atoms with van der Waals surface area (Å²) in [5, 5.41) is 8.96. The second kappa shape index (κ2) is 10.1. The molecule has 1 aromatic carbocycles. The van der Waals surface area contributed by atoms with Crippen LogP contribution in [0.25, 0.3) is 0 Å². The molecule has 0 bridgehead atoms. The van der Waals surface area contributed by atoms with Crippen molar-refractivity contribution >= 4 is 5.78 Å². The number of methoxy groups -OCH3 is 1. The average molecular weight is 222 g/mol. The van der Waals surface area contributed by atoms with E-state index in [1.165, 1.54) is 13.2 Å². The molecule has 0 radical (unpaired) electrons. The van der Waals surface area contributed by atoms with Gasteiger partial charge in [-0.05, 0) is 6.08 Å². The lowest BCUT2D eigenvalue weighted by Crippen LogP contribution is -2.17. The number of ketones is 1. The molecule has 1 aromatic rings. The van der Waals surface area contributed by atoms with Crippen LogP contribution < -0.4 is 0 Å². The Morgan fingerprint density at radius 1 is 1.31 bits per heavy atom. The lowest BCUT2D eigenvalue weighted by Gasteiger charge is -2.05. The van der Waals surface area contributed by atoms with Gasteiger partial charge in [-0.15, -0.1) is 0 Å². The molecule has 0 spiro atoms. The van der Waals surface area contributed by atoms with Crippen molar-refractivity contribution in [2.75, 3.05) is 13.7 Å². The van der Waals surface area contributed by atoms with Crippen LogP contribution in [0.1, 0.15) is 6.42 Å². The Hall–Kier alpha value is -1.45. The second-order valence-electron chi connectivity index (χ2n) is 3.14. The monoisotopic (exact) mass is 222 g/mol. The topological polar surface area (TPSA) is 46.5 Å². The molecule has 16 heavy (non-hydrogen) atoms. The molecular weight excluding hydrogens is 204 g/mol. The average Bonchev–Trinajstić information content (AvgIpc) is 2.32. The summed E-state index contributed by atoms with van der Waals surface area (Å²) >= 11 is 0. The molecule has 1 rings (SSSR count). The molecule has 0 aliphatic heterocycles. The van der Waals surface area contributed by atoms with Gasteiger partial charge in [0.15, 0.2) is 5.78 Å². The molecule has 1 atom stereocenters. The third-order valence-electron chi connectivity index (χ3n) is 1.69. The molecule has 0 amide bonds. The summed E-state index contributed by atoms with van der Waals surface area (Å²) < 4.78 is 4.61. The van der Waals surface area contributed by atoms with Crippen molar-refractivity contribution in [1.29, 1.82) is 0 Å². The van der Waals surface area contributed by atoms with Crippen molar-refractivity contribution in [3.05, 3.63) is 49.1 Å². The molecular formula is C13H18O3. The Morgan fingerprint density at radius 3 is 2.06 bits per heavy atom. The number of ether oxygens (including phenoxy) is 1. The Kier molecular flexibility index (Phi) is 9.17. The number of carbonyl (C=O) groups excluding carboxylic acids is 1. The van der Waals surface area contributed by atoms with Crippen molar-refractivity contribution in [3.8, 4) is 0 Å². The summed E-state index contributed by atoms with van der Waals surface area (Å²) in [6.07, 6.45) is 0.589. The molecule has 0 fully saturated rings. The van der Waals surface area contributed by atoms with Crippen molar-refractivity contribution < 1.29 is 14.6 Å². The fourth-order valence-corrected chi connectivity index (χ4v) is 0.952. The second-order valence-corrected chi connectivity index (χ2v) is 3.14. The van der Waals surface area contributed by atoms with Crippen molar-refractivity contribution in [2.45, 2.75) is 12.5 Å². The third kappa shape index (κ3) is 9.12. The van der Waals surface area contributed by atoms with Gasteiger partial charge in [0.1, 0.15) is 0 Å². The van der Waals surface area contributed by atoms with Crippen LogP contribution in [0.15, 0.2) is 49.1 Å². The maximum absolute atomic E-state index is 10.6. The predicted molar refractivity (Wildman–Crippen MR) is 64.1 cm³/mol. The summed E-state index contributed by atoms with van der Waals surface area (Å²) in [5.41, 5.74) is 0. The van der Waals surface area contributed by atoms with Crippen molar-refractivity contribution in [3.63, 3.8) is 0 Å². The van der Waals surface area contributed by atoms with Crippen LogP contribution in [0.3, 0.4) is 0 Å². The van der Waals surface area contributed by atoms with E-state index in [4.69, 9.17) is 5.11 Å². The first-order valence-electron chi connectivity index (χ1n) is 5.03. The van der Waals surface area contributed by atoms with E-state index in [0.29, 0.717) is 0 Å². The van der Waals surface area contributed by atoms with E-state index in [0.717, 1.165) is 0 Å². The highest BCUT2D eigenvalue weighted by Gasteiger charge is 2.06. The van der Waals surface area contributed by atoms with Crippen molar-refractivity contribution in [1.82, 2.24) is 0 Å². The van der Waals surface area contributed by atoms with Gasteiger partial charge < -0.3 is 9.84 Å². The Balaban J connectivity index is 0.000000315. The van der Waals surface area contributed by atoms with E-state index in [2.05, 4.69) is 11.3 Å². The van der Waals surface area contributed by atoms with Gasteiger partial charge in [-0.3, -0.25) is 4.79 Å². The third-order valence-corrected chi connectivity index (χ3v) is 1.69. The van der Waals surface area contributed by atoms with Crippen LogP contribution in [0.5, 0.6) is 0 Å². The Bertz CT molecular complexity index is 256. The van der Waals surface area contributed by atoms with E-state index in [-0.39, 0.29) is 18.8 Å². The first-order chi connectivity index (χ1) is 7.70. The molecule has 88 valence electrons. The lowest BCUT2D eigenvalue weighted by molar-refractivity contribution is -0.117. The normalized spacial score (nSPS) is 10.9. The highest BCUT2D eigenvalue weighted by atomic mass is 16.5. The van der Waals surface area contributed by atoms with Gasteiger partial charge in [0, 0.05) is 13.5 Å². The van der Waals surface area contributed by atoms with E-state index < -0.39 is 6.10 Å². The standard InChI is InChI=1S/C7H12O3.C6H6/c1-3-6(8)4-7(9)5-10-2;1-2-4-6-5-3-1/h3,7,9H,1,4-5H2,2H3;1-6H. The van der Waals surface area contributed by atoms with Gasteiger partial charge in [-0.1, -0.05) is 43.0 Å². The first-order valence-corrected chi connectivity index (χ1v) is 5.03. The minimum atomic E-state index is -0.699. The van der Waals surface area contributed by atoms with Crippen LogP contribution in [-0.4, -0.2) is 30.7 Å². The summed E-state index contributed by atoms with van der Waals surface area (Å²) in [6.45, 7) is 3.47. The summed E-state index contributed by atoms with van der Waals surface area (Å²) in [7, 11) is 1.47. The van der Waals surface area contributed by atoms with E-state index in [1.54, 1.807) is 0 Å². The first kappa shape index (κ1) is 14.6. The molecule has 0 saturated heterocycles. The van der Waals surface area contributed by atoms with Gasteiger partial charge in [0.25, 0.3) is 0 Å². The molecule has 0 saturated carbocycles. The van der Waals surface area contributed by atoms with Gasteiger partial charge in [0.05, 0.1) is 12.7 Å². The zero-order valence-electron chi connectivity index (χ0n) is 9.50. The fraction of sp³-hybridized carbons (Fsp3) is 0.308. The number of carbonyl (C=O) groups is 1. The molecule has 3 heteroatoms. The van der Waals surface area contributed by atoms with Crippen molar-refractivity contribution in [2.24, 2.45) is 0 Å². The minimum absolute atomic E-state index is 0.0946. The number of rotatable bonds is 5. The molecule has 0 aliphatic carbocycles. The Morgan fingerprint density at radius 2 is 1.75 bits per heavy atom. The van der Waals surface area contributed by atoms with Crippen LogP contribution >= 0.6 is 0 Å². The maximum atomic E-state index is 10.6. The summed E-state index contributed by atoms with van der Waals surface area (Å²) in [6, 6.07) is 12.0. The van der Waals surface area contributed by atoms with Crippen LogP contribution in [0.4, 0.5) is 0 Å². The molecule has 1 unspecified atom stereocenters. The number of hydrogen-bond donors (Lipinski definition) is 1. The van der Waals surface area contributed by atoms with Gasteiger partial charge in [0.2, 0.25) is 0 Å². The molecule has 3 nitrogen and oxygen atoms in total. The quantitative estimate of drug-likeness (QED) is 0.773. The molecule has 0 aliphatic rings. The fourth-order valence-electron chi connectivity index (χ4n) is 0.952. The number of allylic oxidation sites excluding steroid dienone is 1. The number of benzene rings is 1. The van der Waals surface area contributed by atoms with Crippen LogP contribution in [-0.2, 0) is 9.53 Å². The highest BCUT2D eigenvalue weighted by Crippen LogP contribution is 1.93. The van der Waals surface area contributed by atoms with Gasteiger partial charge in [-0.2, -0.15) is 0 Å². The minimum Gasteiger partial charge on any atom is -0.390 e.